The molecule has 0 aliphatic rings. The summed E-state index contributed by atoms with van der Waals surface area (Å²) in [5.74, 6) is -1.16. The average molecular weight is 456 g/mol. The van der Waals surface area contributed by atoms with Gasteiger partial charge in [-0.2, -0.15) is 0 Å². The Morgan fingerprint density at radius 1 is 1.14 bits per heavy atom. The van der Waals surface area contributed by atoms with E-state index in [1.54, 1.807) is 12.1 Å². The largest absolute Gasteiger partial charge is 0.479 e. The standard InChI is InChI=1S/C19H16Cl2FN3O3S/c1-11(28-16-8-5-13(20)10-15(16)21)18(27)24-25-19(29)23-17(26)9-4-12-2-6-14(22)7-3-12/h2-11H,1H3,(H,24,27)(H2,23,25,26,29). The van der Waals surface area contributed by atoms with Crippen LogP contribution in [0.5, 0.6) is 5.75 Å². The predicted octanol–water partition coefficient (Wildman–Crippen LogP) is 3.64. The molecule has 0 aromatic heterocycles. The lowest BCUT2D eigenvalue weighted by Crippen LogP contribution is -2.51. The van der Waals surface area contributed by atoms with Crippen LogP contribution in [-0.2, 0) is 9.59 Å². The summed E-state index contributed by atoms with van der Waals surface area (Å²) in [6.07, 6.45) is 1.80. The molecule has 3 N–H and O–H groups in total. The van der Waals surface area contributed by atoms with Crippen molar-refractivity contribution in [3.05, 3.63) is 70.0 Å². The van der Waals surface area contributed by atoms with Gasteiger partial charge in [0.1, 0.15) is 11.6 Å². The molecule has 29 heavy (non-hydrogen) atoms. The van der Waals surface area contributed by atoms with E-state index < -0.39 is 17.9 Å². The number of benzene rings is 2. The highest BCUT2D eigenvalue weighted by molar-refractivity contribution is 7.80. The van der Waals surface area contributed by atoms with E-state index in [1.165, 1.54) is 49.4 Å². The van der Waals surface area contributed by atoms with Crippen LogP contribution >= 0.6 is 35.4 Å². The maximum absolute atomic E-state index is 12.8. The molecule has 0 aliphatic heterocycles. The number of rotatable bonds is 5. The second kappa shape index (κ2) is 10.8. The second-order valence-electron chi connectivity index (χ2n) is 5.65. The fourth-order valence-electron chi connectivity index (χ4n) is 1.97. The Kier molecular flexibility index (Phi) is 8.38. The summed E-state index contributed by atoms with van der Waals surface area (Å²) in [6.45, 7) is 1.51. The molecule has 0 spiro atoms. The van der Waals surface area contributed by atoms with Gasteiger partial charge in [0.2, 0.25) is 5.91 Å². The molecule has 6 nitrogen and oxygen atoms in total. The maximum atomic E-state index is 12.8. The Bertz CT molecular complexity index is 939. The van der Waals surface area contributed by atoms with E-state index in [0.717, 1.165) is 0 Å². The summed E-state index contributed by atoms with van der Waals surface area (Å²) >= 11 is 16.7. The minimum Gasteiger partial charge on any atom is -0.479 e. The summed E-state index contributed by atoms with van der Waals surface area (Å²) in [7, 11) is 0. The third-order valence-corrected chi connectivity index (χ3v) is 4.13. The van der Waals surface area contributed by atoms with Gasteiger partial charge in [-0.05, 0) is 61.1 Å². The lowest BCUT2D eigenvalue weighted by molar-refractivity contribution is -0.128. The predicted molar refractivity (Wildman–Crippen MR) is 114 cm³/mol. The van der Waals surface area contributed by atoms with Gasteiger partial charge in [0.25, 0.3) is 5.91 Å². The second-order valence-corrected chi connectivity index (χ2v) is 6.90. The number of thiocarbonyl (C=S) groups is 1. The van der Waals surface area contributed by atoms with Crippen molar-refractivity contribution in [3.63, 3.8) is 0 Å². The molecule has 0 fully saturated rings. The minimum absolute atomic E-state index is 0.121. The molecule has 2 aromatic rings. The number of carbonyl (C=O) groups excluding carboxylic acids is 2. The van der Waals surface area contributed by atoms with Crippen LogP contribution < -0.4 is 20.9 Å². The molecule has 0 bridgehead atoms. The van der Waals surface area contributed by atoms with E-state index in [4.69, 9.17) is 40.2 Å². The van der Waals surface area contributed by atoms with E-state index in [1.807, 2.05) is 0 Å². The van der Waals surface area contributed by atoms with Gasteiger partial charge in [-0.25, -0.2) is 4.39 Å². The highest BCUT2D eigenvalue weighted by Gasteiger charge is 2.16. The van der Waals surface area contributed by atoms with Crippen molar-refractivity contribution in [2.45, 2.75) is 13.0 Å². The molecular formula is C19H16Cl2FN3O3S. The van der Waals surface area contributed by atoms with Crippen LogP contribution in [0.2, 0.25) is 10.0 Å². The summed E-state index contributed by atoms with van der Waals surface area (Å²) in [5, 5.41) is 2.93. The molecule has 0 saturated carbocycles. The first kappa shape index (κ1) is 22.6. The SMILES string of the molecule is CC(Oc1ccc(Cl)cc1Cl)C(=O)NNC(=S)NC(=O)C=Cc1ccc(F)cc1. The van der Waals surface area contributed by atoms with E-state index in [0.29, 0.717) is 16.3 Å². The van der Waals surface area contributed by atoms with E-state index in [2.05, 4.69) is 16.2 Å². The summed E-state index contributed by atoms with van der Waals surface area (Å²) in [5.41, 5.74) is 5.35. The van der Waals surface area contributed by atoms with Crippen LogP contribution in [0.25, 0.3) is 6.08 Å². The normalized spacial score (nSPS) is 11.6. The highest BCUT2D eigenvalue weighted by Crippen LogP contribution is 2.28. The minimum atomic E-state index is -0.905. The number of halogens is 3. The molecule has 1 unspecified atom stereocenters. The number of hydrogen-bond donors (Lipinski definition) is 3. The topological polar surface area (TPSA) is 79.5 Å². The first-order valence-corrected chi connectivity index (χ1v) is 9.37. The fourth-order valence-corrected chi connectivity index (χ4v) is 2.57. The zero-order valence-electron chi connectivity index (χ0n) is 15.0. The van der Waals surface area contributed by atoms with E-state index in [9.17, 15) is 14.0 Å². The van der Waals surface area contributed by atoms with Crippen molar-refractivity contribution in [2.75, 3.05) is 0 Å². The van der Waals surface area contributed by atoms with E-state index in [-0.39, 0.29) is 16.0 Å². The van der Waals surface area contributed by atoms with Crippen molar-refractivity contribution >= 4 is 58.4 Å². The van der Waals surface area contributed by atoms with E-state index >= 15 is 0 Å². The number of amides is 2. The molecule has 0 heterocycles. The van der Waals surface area contributed by atoms with Gasteiger partial charge in [-0.15, -0.1) is 0 Å². The van der Waals surface area contributed by atoms with Crippen molar-refractivity contribution < 1.29 is 18.7 Å². The molecule has 2 amide bonds. The van der Waals surface area contributed by atoms with Gasteiger partial charge in [-0.3, -0.25) is 25.8 Å². The van der Waals surface area contributed by atoms with Crippen molar-refractivity contribution in [3.8, 4) is 5.75 Å². The number of hydrogen-bond acceptors (Lipinski definition) is 4. The summed E-state index contributed by atoms with van der Waals surface area (Å²) in [6, 6.07) is 10.2. The average Bonchev–Trinajstić information content (AvgIpc) is 2.67. The Labute approximate surface area is 182 Å². The quantitative estimate of drug-likeness (QED) is 0.364. The summed E-state index contributed by atoms with van der Waals surface area (Å²) in [4.78, 5) is 23.9. The zero-order valence-corrected chi connectivity index (χ0v) is 17.4. The maximum Gasteiger partial charge on any atom is 0.279 e. The number of carbonyl (C=O) groups is 2. The molecule has 0 aliphatic carbocycles. The third kappa shape index (κ3) is 7.69. The third-order valence-electron chi connectivity index (χ3n) is 3.40. The van der Waals surface area contributed by atoms with Gasteiger partial charge in [0.15, 0.2) is 11.2 Å². The van der Waals surface area contributed by atoms with Gasteiger partial charge in [-0.1, -0.05) is 35.3 Å². The van der Waals surface area contributed by atoms with Crippen LogP contribution in [0.1, 0.15) is 12.5 Å². The first-order chi connectivity index (χ1) is 13.7. The number of ether oxygens (including phenoxy) is 1. The van der Waals surface area contributed by atoms with Crippen LogP contribution in [0.4, 0.5) is 4.39 Å². The molecule has 10 heteroatoms. The molecular weight excluding hydrogens is 440 g/mol. The molecule has 0 saturated heterocycles. The summed E-state index contributed by atoms with van der Waals surface area (Å²) < 4.78 is 18.3. The Morgan fingerprint density at radius 2 is 1.83 bits per heavy atom. The zero-order chi connectivity index (χ0) is 21.4. The molecule has 2 rings (SSSR count). The van der Waals surface area contributed by atoms with Crippen molar-refractivity contribution in [2.24, 2.45) is 0 Å². The van der Waals surface area contributed by atoms with Gasteiger partial charge >= 0.3 is 0 Å². The number of nitrogens with one attached hydrogen (secondary N) is 3. The van der Waals surface area contributed by atoms with Crippen LogP contribution in [-0.4, -0.2) is 23.0 Å². The Morgan fingerprint density at radius 3 is 2.48 bits per heavy atom. The van der Waals surface area contributed by atoms with Crippen molar-refractivity contribution in [1.82, 2.24) is 16.2 Å². The Hall–Kier alpha value is -2.68. The van der Waals surface area contributed by atoms with Crippen LogP contribution in [0.15, 0.2) is 48.5 Å². The lowest BCUT2D eigenvalue weighted by Gasteiger charge is -2.16. The van der Waals surface area contributed by atoms with Gasteiger partial charge < -0.3 is 4.74 Å². The first-order valence-electron chi connectivity index (χ1n) is 8.21. The smallest absolute Gasteiger partial charge is 0.279 e. The van der Waals surface area contributed by atoms with Gasteiger partial charge in [0, 0.05) is 11.1 Å². The monoisotopic (exact) mass is 455 g/mol. The molecule has 2 aromatic carbocycles. The van der Waals surface area contributed by atoms with Crippen molar-refractivity contribution in [1.29, 1.82) is 0 Å². The molecule has 152 valence electrons. The van der Waals surface area contributed by atoms with Gasteiger partial charge in [0.05, 0.1) is 5.02 Å². The van der Waals surface area contributed by atoms with Crippen LogP contribution in [0, 0.1) is 5.82 Å². The highest BCUT2D eigenvalue weighted by atomic mass is 35.5. The van der Waals surface area contributed by atoms with Crippen LogP contribution in [0.3, 0.4) is 0 Å². The molecule has 0 radical (unpaired) electrons. The Balaban J connectivity index is 1.77. The lowest BCUT2D eigenvalue weighted by atomic mass is 10.2. The fraction of sp³-hybridized carbons (Fsp3) is 0.105. The number of hydrazine groups is 1. The molecule has 1 atom stereocenters.